The highest BCUT2D eigenvalue weighted by Gasteiger charge is 2.28. The van der Waals surface area contributed by atoms with Crippen LogP contribution in [0.25, 0.3) is 22.3 Å². The molecule has 0 saturated heterocycles. The van der Waals surface area contributed by atoms with E-state index in [0.29, 0.717) is 6.42 Å². The van der Waals surface area contributed by atoms with Crippen molar-refractivity contribution in [3.05, 3.63) is 84.9 Å². The van der Waals surface area contributed by atoms with Crippen molar-refractivity contribution in [3.8, 4) is 22.3 Å². The molecule has 0 aliphatic carbocycles. The molecule has 0 fully saturated rings. The zero-order valence-electron chi connectivity index (χ0n) is 27.2. The number of hydrogen-bond donors (Lipinski definition) is 3. The summed E-state index contributed by atoms with van der Waals surface area (Å²) in [5.74, 6) is 0. The lowest BCUT2D eigenvalue weighted by atomic mass is 9.92. The zero-order valence-corrected chi connectivity index (χ0v) is 27.2. The molecule has 3 nitrogen and oxygen atoms in total. The van der Waals surface area contributed by atoms with E-state index in [4.69, 9.17) is 5.11 Å². The topological polar surface area (TPSA) is 60.7 Å². The van der Waals surface area contributed by atoms with Crippen LogP contribution >= 0.6 is 0 Å². The first-order chi connectivity index (χ1) is 21.0. The molecule has 3 aromatic carbocycles. The van der Waals surface area contributed by atoms with Crippen molar-refractivity contribution in [1.82, 2.24) is 0 Å². The molecule has 2 unspecified atom stereocenters. The van der Waals surface area contributed by atoms with Crippen LogP contribution < -0.4 is 0 Å². The Balaban J connectivity index is 0.000000313. The summed E-state index contributed by atoms with van der Waals surface area (Å²) in [7, 11) is 0. The second-order valence-corrected chi connectivity index (χ2v) is 12.4. The number of rotatable bonds is 21. The highest BCUT2D eigenvalue weighted by molar-refractivity contribution is 5.83. The summed E-state index contributed by atoms with van der Waals surface area (Å²) >= 11 is 0. The van der Waals surface area contributed by atoms with Gasteiger partial charge in [0.25, 0.3) is 0 Å². The molecule has 0 aliphatic rings. The fourth-order valence-electron chi connectivity index (χ4n) is 5.62. The summed E-state index contributed by atoms with van der Waals surface area (Å²) in [5, 5.41) is 28.4. The highest BCUT2D eigenvalue weighted by atomic mass is 16.4. The van der Waals surface area contributed by atoms with E-state index >= 15 is 0 Å². The summed E-state index contributed by atoms with van der Waals surface area (Å²) in [4.78, 5) is 0. The molecule has 3 rings (SSSR count). The second-order valence-electron chi connectivity index (χ2n) is 12.4. The first-order valence-electron chi connectivity index (χ1n) is 17.2. The standard InChI is InChI=1S/C22H46O3.C18H14/c1-3-4-5-6-7-8-9-10-11-12-13-14-15-16-17-18-19-22(2,25)21(24)20-23;1-3-9-15(10-4-1)17-13-7-8-14-18(17)16-11-5-2-6-12-16/h21,23-25H,3-20H2,1-2H3;1-14H. The molecule has 0 amide bonds. The first-order valence-corrected chi connectivity index (χ1v) is 17.2. The Bertz CT molecular complexity index is 989. The molecule has 2 atom stereocenters. The molecule has 0 spiro atoms. The van der Waals surface area contributed by atoms with Crippen LogP contribution in [0.4, 0.5) is 0 Å². The highest BCUT2D eigenvalue weighted by Crippen LogP contribution is 2.31. The van der Waals surface area contributed by atoms with Crippen LogP contribution in [-0.4, -0.2) is 33.6 Å². The molecule has 3 N–H and O–H groups in total. The van der Waals surface area contributed by atoms with Crippen LogP contribution in [0.5, 0.6) is 0 Å². The van der Waals surface area contributed by atoms with Gasteiger partial charge in [0.05, 0.1) is 12.2 Å². The molecule has 43 heavy (non-hydrogen) atoms. The van der Waals surface area contributed by atoms with Gasteiger partial charge in [-0.1, -0.05) is 195 Å². The van der Waals surface area contributed by atoms with Crippen molar-refractivity contribution >= 4 is 0 Å². The van der Waals surface area contributed by atoms with Gasteiger partial charge in [-0.05, 0) is 35.6 Å². The predicted molar refractivity (Wildman–Crippen MR) is 185 cm³/mol. The minimum atomic E-state index is -1.15. The number of unbranched alkanes of at least 4 members (excludes halogenated alkanes) is 15. The summed E-state index contributed by atoms with van der Waals surface area (Å²) < 4.78 is 0. The van der Waals surface area contributed by atoms with Gasteiger partial charge >= 0.3 is 0 Å². The number of hydrogen-bond acceptors (Lipinski definition) is 3. The van der Waals surface area contributed by atoms with Crippen molar-refractivity contribution in [2.24, 2.45) is 0 Å². The Morgan fingerprint density at radius 3 is 1.19 bits per heavy atom. The predicted octanol–water partition coefficient (Wildman–Crippen LogP) is 10.8. The van der Waals surface area contributed by atoms with Crippen LogP contribution in [0.1, 0.15) is 123 Å². The molecule has 0 aliphatic heterocycles. The van der Waals surface area contributed by atoms with Crippen molar-refractivity contribution in [1.29, 1.82) is 0 Å². The molecule has 0 bridgehead atoms. The van der Waals surface area contributed by atoms with E-state index in [1.807, 2.05) is 0 Å². The lowest BCUT2D eigenvalue weighted by Gasteiger charge is -2.27. The van der Waals surface area contributed by atoms with Gasteiger partial charge in [-0.2, -0.15) is 0 Å². The summed E-state index contributed by atoms with van der Waals surface area (Å²) in [5.41, 5.74) is 3.94. The van der Waals surface area contributed by atoms with Gasteiger partial charge in [0.15, 0.2) is 0 Å². The quantitative estimate of drug-likeness (QED) is 0.108. The summed E-state index contributed by atoms with van der Waals surface area (Å²) in [6.07, 6.45) is 20.8. The van der Waals surface area contributed by atoms with Gasteiger partial charge in [0, 0.05) is 0 Å². The summed E-state index contributed by atoms with van der Waals surface area (Å²) in [6, 6.07) is 29.6. The summed E-state index contributed by atoms with van der Waals surface area (Å²) in [6.45, 7) is 3.51. The van der Waals surface area contributed by atoms with E-state index in [1.165, 1.54) is 112 Å². The third kappa shape index (κ3) is 15.7. The molecular formula is C40H60O3. The Morgan fingerprint density at radius 2 is 0.837 bits per heavy atom. The average Bonchev–Trinajstić information content (AvgIpc) is 3.05. The molecule has 0 saturated carbocycles. The van der Waals surface area contributed by atoms with Crippen molar-refractivity contribution < 1.29 is 15.3 Å². The number of aliphatic hydroxyl groups excluding tert-OH is 2. The molecule has 0 radical (unpaired) electrons. The van der Waals surface area contributed by atoms with Gasteiger partial charge in [-0.3, -0.25) is 0 Å². The van der Waals surface area contributed by atoms with E-state index < -0.39 is 11.7 Å². The zero-order chi connectivity index (χ0) is 31.0. The smallest absolute Gasteiger partial charge is 0.105 e. The van der Waals surface area contributed by atoms with Crippen LogP contribution in [0.2, 0.25) is 0 Å². The SMILES string of the molecule is CCCCCCCCCCCCCCCCCCC(C)(O)C(O)CO.c1ccc(-c2ccccc2-c2ccccc2)cc1. The average molecular weight is 589 g/mol. The van der Waals surface area contributed by atoms with Gasteiger partial charge in [0.2, 0.25) is 0 Å². The van der Waals surface area contributed by atoms with E-state index in [2.05, 4.69) is 91.9 Å². The lowest BCUT2D eigenvalue weighted by molar-refractivity contribution is -0.0883. The van der Waals surface area contributed by atoms with Crippen molar-refractivity contribution in [2.45, 2.75) is 135 Å². The first kappa shape index (κ1) is 36.7. The van der Waals surface area contributed by atoms with Crippen LogP contribution in [-0.2, 0) is 0 Å². The normalized spacial score (nSPS) is 13.1. The third-order valence-electron chi connectivity index (χ3n) is 8.52. The Morgan fingerprint density at radius 1 is 0.512 bits per heavy atom. The van der Waals surface area contributed by atoms with E-state index in [0.717, 1.165) is 12.8 Å². The van der Waals surface area contributed by atoms with E-state index in [1.54, 1.807) is 6.92 Å². The van der Waals surface area contributed by atoms with Crippen LogP contribution in [0, 0.1) is 0 Å². The second kappa shape index (κ2) is 23.0. The Hall–Kier alpha value is -2.46. The maximum atomic E-state index is 9.99. The molecule has 238 valence electrons. The lowest BCUT2D eigenvalue weighted by Crippen LogP contribution is -2.41. The minimum Gasteiger partial charge on any atom is -0.394 e. The van der Waals surface area contributed by atoms with Gasteiger partial charge in [0.1, 0.15) is 6.10 Å². The Kier molecular flexibility index (Phi) is 19.6. The van der Waals surface area contributed by atoms with Gasteiger partial charge < -0.3 is 15.3 Å². The van der Waals surface area contributed by atoms with Gasteiger partial charge in [-0.15, -0.1) is 0 Å². The molecular weight excluding hydrogens is 528 g/mol. The minimum absolute atomic E-state index is 0.369. The maximum absolute atomic E-state index is 9.99. The van der Waals surface area contributed by atoms with Crippen molar-refractivity contribution in [3.63, 3.8) is 0 Å². The van der Waals surface area contributed by atoms with Crippen LogP contribution in [0.15, 0.2) is 84.9 Å². The van der Waals surface area contributed by atoms with Gasteiger partial charge in [-0.25, -0.2) is 0 Å². The molecule has 0 heterocycles. The van der Waals surface area contributed by atoms with E-state index in [9.17, 15) is 10.2 Å². The number of benzene rings is 3. The fourth-order valence-corrected chi connectivity index (χ4v) is 5.62. The van der Waals surface area contributed by atoms with Crippen LogP contribution in [0.3, 0.4) is 0 Å². The molecule has 0 aromatic heterocycles. The fraction of sp³-hybridized carbons (Fsp3) is 0.550. The third-order valence-corrected chi connectivity index (χ3v) is 8.52. The monoisotopic (exact) mass is 588 g/mol. The Labute approximate surface area is 263 Å². The maximum Gasteiger partial charge on any atom is 0.105 e. The van der Waals surface area contributed by atoms with Crippen molar-refractivity contribution in [2.75, 3.05) is 6.61 Å². The van der Waals surface area contributed by atoms with E-state index in [-0.39, 0.29) is 6.61 Å². The molecule has 3 aromatic rings. The molecule has 3 heteroatoms. The number of aliphatic hydroxyl groups is 3. The largest absolute Gasteiger partial charge is 0.394 e.